The lowest BCUT2D eigenvalue weighted by Crippen LogP contribution is -2.24. The molecule has 0 spiro atoms. The van der Waals surface area contributed by atoms with Crippen molar-refractivity contribution < 1.29 is 14.0 Å². The maximum Gasteiger partial charge on any atom is 0.262 e. The van der Waals surface area contributed by atoms with Crippen LogP contribution in [0.15, 0.2) is 39.9 Å². The van der Waals surface area contributed by atoms with Gasteiger partial charge in [0.15, 0.2) is 12.0 Å². The highest BCUT2D eigenvalue weighted by molar-refractivity contribution is 6.23. The number of nitrogens with two attached hydrogens (primary N) is 1. The number of benzene rings is 1. The van der Waals surface area contributed by atoms with E-state index in [1.54, 1.807) is 18.2 Å². The Balaban J connectivity index is 2.12. The molecule has 0 radical (unpaired) electrons. The number of para-hydroxylation sites is 1. The number of amides is 2. The largest absolute Gasteiger partial charge is 0.443 e. The van der Waals surface area contributed by atoms with Gasteiger partial charge in [-0.3, -0.25) is 24.3 Å². The maximum absolute atomic E-state index is 12.4. The normalized spacial score (nSPS) is 13.5. The van der Waals surface area contributed by atoms with E-state index in [0.717, 1.165) is 10.6 Å². The van der Waals surface area contributed by atoms with Gasteiger partial charge in [-0.15, -0.1) is 0 Å². The molecule has 0 unspecified atom stereocenters. The van der Waals surface area contributed by atoms with E-state index in [2.05, 4.69) is 10.3 Å². The second-order valence-electron chi connectivity index (χ2n) is 4.75. The molecule has 2 amide bonds. The number of imide groups is 1. The third-order valence-corrected chi connectivity index (χ3v) is 3.53. The number of nitrogens with one attached hydrogen (secondary N) is 1. The molecule has 108 valence electrons. The van der Waals surface area contributed by atoms with E-state index >= 15 is 0 Å². The third kappa shape index (κ3) is 1.46. The van der Waals surface area contributed by atoms with Crippen LogP contribution in [0.2, 0.25) is 0 Å². The molecule has 3 aromatic rings. The van der Waals surface area contributed by atoms with Crippen molar-refractivity contribution in [1.82, 2.24) is 14.9 Å². The Labute approximate surface area is 122 Å². The number of fused-ring (bicyclic) bond motifs is 2. The molecule has 0 aliphatic carbocycles. The average Bonchev–Trinajstić information content (AvgIpc) is 3.05. The topological polar surface area (TPSA) is 120 Å². The summed E-state index contributed by atoms with van der Waals surface area (Å²) in [6.45, 7) is 0. The lowest BCUT2D eigenvalue weighted by Gasteiger charge is -2.11. The van der Waals surface area contributed by atoms with Crippen molar-refractivity contribution in [3.63, 3.8) is 0 Å². The maximum atomic E-state index is 12.4. The highest BCUT2D eigenvalue weighted by atomic mass is 16.3. The van der Waals surface area contributed by atoms with Gasteiger partial charge in [0.2, 0.25) is 0 Å². The lowest BCUT2D eigenvalue weighted by molar-refractivity contribution is 0.0880. The first-order valence-electron chi connectivity index (χ1n) is 6.31. The summed E-state index contributed by atoms with van der Waals surface area (Å²) in [5.41, 5.74) is 6.70. The summed E-state index contributed by atoms with van der Waals surface area (Å²) in [5, 5.41) is 2.12. The highest BCUT2D eigenvalue weighted by Crippen LogP contribution is 2.26. The Kier molecular flexibility index (Phi) is 2.27. The standard InChI is InChI=1S/C14H8N4O4/c15-12-10-6(13(20)17-14(10)21)4-9(19)18(12)7-2-1-3-8-11(7)16-5-22-8/h1-5H,15H2,(H,17,20,21). The molecular formula is C14H8N4O4. The van der Waals surface area contributed by atoms with Gasteiger partial charge >= 0.3 is 0 Å². The molecule has 1 aliphatic rings. The minimum Gasteiger partial charge on any atom is -0.443 e. The van der Waals surface area contributed by atoms with Crippen LogP contribution in [0.5, 0.6) is 0 Å². The van der Waals surface area contributed by atoms with E-state index < -0.39 is 17.4 Å². The van der Waals surface area contributed by atoms with Crippen LogP contribution in [-0.4, -0.2) is 21.4 Å². The van der Waals surface area contributed by atoms with Crippen LogP contribution in [0.3, 0.4) is 0 Å². The SMILES string of the molecule is Nc1c2c(cc(=O)n1-c1cccc3ocnc13)C(=O)NC2=O. The number of oxazole rings is 1. The Hall–Kier alpha value is -3.42. The van der Waals surface area contributed by atoms with Gasteiger partial charge in [-0.2, -0.15) is 0 Å². The molecule has 0 saturated carbocycles. The first-order chi connectivity index (χ1) is 10.6. The molecule has 8 nitrogen and oxygen atoms in total. The van der Waals surface area contributed by atoms with E-state index in [1.165, 1.54) is 6.39 Å². The molecule has 2 aromatic heterocycles. The number of hydrogen-bond acceptors (Lipinski definition) is 6. The molecule has 3 N–H and O–H groups in total. The molecule has 0 saturated heterocycles. The fourth-order valence-electron chi connectivity index (χ4n) is 2.58. The van der Waals surface area contributed by atoms with Gasteiger partial charge in [0, 0.05) is 6.07 Å². The molecule has 8 heteroatoms. The number of nitrogens with zero attached hydrogens (tertiary/aromatic N) is 2. The zero-order chi connectivity index (χ0) is 15.4. The van der Waals surface area contributed by atoms with Crippen molar-refractivity contribution in [2.75, 3.05) is 5.73 Å². The van der Waals surface area contributed by atoms with Crippen LogP contribution >= 0.6 is 0 Å². The van der Waals surface area contributed by atoms with Crippen LogP contribution in [0.4, 0.5) is 5.82 Å². The fraction of sp³-hybridized carbons (Fsp3) is 0. The molecule has 0 bridgehead atoms. The second kappa shape index (κ2) is 4.04. The Bertz CT molecular complexity index is 1030. The van der Waals surface area contributed by atoms with Crippen LogP contribution in [-0.2, 0) is 0 Å². The molecule has 1 aliphatic heterocycles. The molecular weight excluding hydrogens is 288 g/mol. The number of nitrogen functional groups attached to an aromatic ring is 1. The van der Waals surface area contributed by atoms with E-state index in [9.17, 15) is 14.4 Å². The molecule has 0 fully saturated rings. The summed E-state index contributed by atoms with van der Waals surface area (Å²) in [4.78, 5) is 39.9. The molecule has 3 heterocycles. The summed E-state index contributed by atoms with van der Waals surface area (Å²) in [7, 11) is 0. The van der Waals surface area contributed by atoms with E-state index in [0.29, 0.717) is 16.8 Å². The number of rotatable bonds is 1. The van der Waals surface area contributed by atoms with Crippen molar-refractivity contribution in [3.05, 3.63) is 52.1 Å². The third-order valence-electron chi connectivity index (χ3n) is 3.53. The molecule has 1 aromatic carbocycles. The van der Waals surface area contributed by atoms with E-state index in [-0.39, 0.29) is 16.9 Å². The average molecular weight is 296 g/mol. The van der Waals surface area contributed by atoms with Crippen LogP contribution < -0.4 is 16.6 Å². The zero-order valence-corrected chi connectivity index (χ0v) is 11.0. The zero-order valence-electron chi connectivity index (χ0n) is 11.0. The summed E-state index contributed by atoms with van der Waals surface area (Å²) in [6, 6.07) is 6.08. The van der Waals surface area contributed by atoms with Crippen LogP contribution in [0.1, 0.15) is 20.7 Å². The van der Waals surface area contributed by atoms with E-state index in [4.69, 9.17) is 10.2 Å². The quantitative estimate of drug-likeness (QED) is 0.629. The Morgan fingerprint density at radius 3 is 2.82 bits per heavy atom. The molecule has 22 heavy (non-hydrogen) atoms. The minimum atomic E-state index is -0.629. The molecule has 0 atom stereocenters. The van der Waals surface area contributed by atoms with Crippen molar-refractivity contribution in [2.24, 2.45) is 0 Å². The highest BCUT2D eigenvalue weighted by Gasteiger charge is 2.32. The predicted molar refractivity (Wildman–Crippen MR) is 75.8 cm³/mol. The first-order valence-corrected chi connectivity index (χ1v) is 6.31. The van der Waals surface area contributed by atoms with Gasteiger partial charge in [0.1, 0.15) is 11.3 Å². The van der Waals surface area contributed by atoms with Crippen LogP contribution in [0, 0.1) is 0 Å². The first kappa shape index (κ1) is 12.3. The Morgan fingerprint density at radius 1 is 1.18 bits per heavy atom. The summed E-state index contributed by atoms with van der Waals surface area (Å²) >= 11 is 0. The fourth-order valence-corrected chi connectivity index (χ4v) is 2.58. The second-order valence-corrected chi connectivity index (χ2v) is 4.75. The number of anilines is 1. The van der Waals surface area contributed by atoms with Crippen molar-refractivity contribution >= 4 is 28.7 Å². The lowest BCUT2D eigenvalue weighted by atomic mass is 10.1. The van der Waals surface area contributed by atoms with Crippen molar-refractivity contribution in [1.29, 1.82) is 0 Å². The number of carbonyl (C=O) groups is 2. The number of pyridine rings is 1. The minimum absolute atomic E-state index is 0.00917. The van der Waals surface area contributed by atoms with Gasteiger partial charge in [0.05, 0.1) is 16.8 Å². The summed E-state index contributed by atoms with van der Waals surface area (Å²) in [5.74, 6) is -1.37. The van der Waals surface area contributed by atoms with Crippen molar-refractivity contribution in [2.45, 2.75) is 0 Å². The van der Waals surface area contributed by atoms with Gasteiger partial charge in [-0.25, -0.2) is 4.98 Å². The summed E-state index contributed by atoms with van der Waals surface area (Å²) in [6.07, 6.45) is 1.25. The number of hydrogen-bond donors (Lipinski definition) is 2. The number of carbonyl (C=O) groups excluding carboxylic acids is 2. The smallest absolute Gasteiger partial charge is 0.262 e. The molecule has 4 rings (SSSR count). The van der Waals surface area contributed by atoms with Gasteiger partial charge in [-0.05, 0) is 12.1 Å². The summed E-state index contributed by atoms with van der Waals surface area (Å²) < 4.78 is 6.33. The van der Waals surface area contributed by atoms with Crippen LogP contribution in [0.25, 0.3) is 16.8 Å². The monoisotopic (exact) mass is 296 g/mol. The van der Waals surface area contributed by atoms with Gasteiger partial charge in [-0.1, -0.05) is 6.07 Å². The van der Waals surface area contributed by atoms with Gasteiger partial charge in [0.25, 0.3) is 17.4 Å². The number of aromatic nitrogens is 2. The van der Waals surface area contributed by atoms with Gasteiger partial charge < -0.3 is 10.2 Å². The van der Waals surface area contributed by atoms with Crippen molar-refractivity contribution in [3.8, 4) is 5.69 Å². The predicted octanol–water partition coefficient (Wildman–Crippen LogP) is 0.445. The van der Waals surface area contributed by atoms with E-state index in [1.807, 2.05) is 0 Å². The Morgan fingerprint density at radius 2 is 2.00 bits per heavy atom.